The van der Waals surface area contributed by atoms with E-state index >= 15 is 0 Å². The lowest BCUT2D eigenvalue weighted by Gasteiger charge is -2.18. The number of likely N-dealkylation sites (tertiary alicyclic amines) is 1. The Hall–Kier alpha value is -1.27. The van der Waals surface area contributed by atoms with Crippen LogP contribution >= 0.6 is 0 Å². The Kier molecular flexibility index (Phi) is 2.19. The third-order valence-corrected chi connectivity index (χ3v) is 1.81. The van der Waals surface area contributed by atoms with Crippen LogP contribution in [0.3, 0.4) is 0 Å². The van der Waals surface area contributed by atoms with Crippen molar-refractivity contribution in [3.63, 3.8) is 0 Å². The average molecular weight is 197 g/mol. The number of halogens is 3. The van der Waals surface area contributed by atoms with Gasteiger partial charge in [-0.1, -0.05) is 0 Å². The Bertz CT molecular complexity index is 250. The summed E-state index contributed by atoms with van der Waals surface area (Å²) in [5, 5.41) is 8.35. The highest BCUT2D eigenvalue weighted by Gasteiger charge is 2.49. The third-order valence-electron chi connectivity index (χ3n) is 1.81. The van der Waals surface area contributed by atoms with Crippen LogP contribution in [0.5, 0.6) is 0 Å². The van der Waals surface area contributed by atoms with Gasteiger partial charge in [0.1, 0.15) is 5.92 Å². The molecule has 0 bridgehead atoms. The topological polar surface area (TPSA) is 57.6 Å². The van der Waals surface area contributed by atoms with Crippen molar-refractivity contribution in [2.24, 2.45) is 5.92 Å². The lowest BCUT2D eigenvalue weighted by atomic mass is 10.1. The van der Waals surface area contributed by atoms with Gasteiger partial charge in [0, 0.05) is 6.54 Å². The van der Waals surface area contributed by atoms with Crippen molar-refractivity contribution in [1.82, 2.24) is 4.90 Å². The van der Waals surface area contributed by atoms with Gasteiger partial charge in [-0.05, 0) is 6.42 Å². The predicted molar refractivity (Wildman–Crippen MR) is 33.5 cm³/mol. The molecule has 74 valence electrons. The number of hydrogen-bond donors (Lipinski definition) is 1. The Morgan fingerprint density at radius 2 is 2.08 bits per heavy atom. The quantitative estimate of drug-likeness (QED) is 0.490. The molecule has 1 aliphatic rings. The summed E-state index contributed by atoms with van der Waals surface area (Å²) >= 11 is 0. The zero-order valence-electron chi connectivity index (χ0n) is 6.34. The first-order valence-corrected chi connectivity index (χ1v) is 3.45. The van der Waals surface area contributed by atoms with Gasteiger partial charge in [0.05, 0.1) is 0 Å². The Labute approximate surface area is 70.9 Å². The molecule has 1 N–H and O–H groups in total. The molecule has 0 aromatic heterocycles. The summed E-state index contributed by atoms with van der Waals surface area (Å²) in [6, 6.07) is 0. The molecule has 0 aromatic rings. The number of aliphatic carboxylic acids is 1. The van der Waals surface area contributed by atoms with E-state index in [1.54, 1.807) is 0 Å². The molecule has 0 saturated carbocycles. The van der Waals surface area contributed by atoms with Crippen molar-refractivity contribution in [2.45, 2.75) is 12.7 Å². The molecule has 0 radical (unpaired) electrons. The second-order valence-electron chi connectivity index (χ2n) is 2.64. The highest BCUT2D eigenvalue weighted by atomic mass is 19.4. The van der Waals surface area contributed by atoms with Gasteiger partial charge < -0.3 is 5.11 Å². The fraction of sp³-hybridized carbons (Fsp3) is 0.667. The molecule has 0 aliphatic carbocycles. The van der Waals surface area contributed by atoms with Crippen molar-refractivity contribution < 1.29 is 27.9 Å². The fourth-order valence-electron chi connectivity index (χ4n) is 1.16. The van der Waals surface area contributed by atoms with Crippen molar-refractivity contribution in [3.05, 3.63) is 0 Å². The highest BCUT2D eigenvalue weighted by Crippen LogP contribution is 2.29. The molecule has 1 rings (SSSR count). The highest BCUT2D eigenvalue weighted by molar-refractivity contribution is 5.98. The largest absolute Gasteiger partial charge is 0.487 e. The molecule has 1 atom stereocenters. The number of alkyl halides is 3. The van der Waals surface area contributed by atoms with Gasteiger partial charge in [-0.25, -0.2) is 0 Å². The van der Waals surface area contributed by atoms with Gasteiger partial charge >= 0.3 is 12.3 Å². The summed E-state index contributed by atoms with van der Waals surface area (Å²) in [5.41, 5.74) is 0. The Morgan fingerprint density at radius 3 is 2.31 bits per heavy atom. The molecule has 1 amide bonds. The van der Waals surface area contributed by atoms with Crippen LogP contribution in [0.15, 0.2) is 0 Å². The Balaban J connectivity index is 2.77. The van der Waals surface area contributed by atoms with Crippen LogP contribution in [-0.2, 0) is 9.59 Å². The SMILES string of the molecule is O=C(O)C1CCN(C(F)(F)F)C1=O. The molecule has 1 aliphatic heterocycles. The van der Waals surface area contributed by atoms with Crippen LogP contribution in [0.2, 0.25) is 0 Å². The molecule has 7 heteroatoms. The van der Waals surface area contributed by atoms with E-state index in [2.05, 4.69) is 0 Å². The average Bonchev–Trinajstić information content (AvgIpc) is 2.28. The molecule has 1 fully saturated rings. The number of carboxylic acid groups (broad SMARTS) is 1. The summed E-state index contributed by atoms with van der Waals surface area (Å²) in [5.74, 6) is -4.42. The minimum absolute atomic E-state index is 0.284. The minimum Gasteiger partial charge on any atom is -0.481 e. The van der Waals surface area contributed by atoms with E-state index in [0.29, 0.717) is 0 Å². The predicted octanol–water partition coefficient (Wildman–Crippen LogP) is 0.439. The lowest BCUT2D eigenvalue weighted by molar-refractivity contribution is -0.235. The molecule has 1 unspecified atom stereocenters. The number of carbonyl (C=O) groups is 2. The molecule has 1 saturated heterocycles. The van der Waals surface area contributed by atoms with Crippen LogP contribution in [0.25, 0.3) is 0 Å². The molecule has 13 heavy (non-hydrogen) atoms. The van der Waals surface area contributed by atoms with Crippen molar-refractivity contribution >= 4 is 11.9 Å². The summed E-state index contributed by atoms with van der Waals surface area (Å²) in [6.07, 6.45) is -5.05. The number of nitrogens with zero attached hydrogens (tertiary/aromatic N) is 1. The first-order valence-electron chi connectivity index (χ1n) is 3.45. The van der Waals surface area contributed by atoms with Gasteiger partial charge in [0.25, 0.3) is 0 Å². The normalized spacial score (nSPS) is 23.8. The van der Waals surface area contributed by atoms with Crippen LogP contribution in [0.4, 0.5) is 13.2 Å². The molecule has 0 aromatic carbocycles. The molecule has 1 heterocycles. The van der Waals surface area contributed by atoms with Crippen molar-refractivity contribution in [2.75, 3.05) is 6.54 Å². The summed E-state index contributed by atoms with van der Waals surface area (Å²) < 4.78 is 35.9. The van der Waals surface area contributed by atoms with Crippen LogP contribution in [0.1, 0.15) is 6.42 Å². The number of carbonyl (C=O) groups excluding carboxylic acids is 1. The van der Waals surface area contributed by atoms with Crippen LogP contribution < -0.4 is 0 Å². The van der Waals surface area contributed by atoms with Crippen LogP contribution in [-0.4, -0.2) is 34.7 Å². The Morgan fingerprint density at radius 1 is 1.54 bits per heavy atom. The summed E-state index contributed by atoms with van der Waals surface area (Å²) in [6.45, 7) is -0.570. The molecular formula is C6H6F3NO3. The van der Waals surface area contributed by atoms with E-state index in [1.165, 1.54) is 0 Å². The van der Waals surface area contributed by atoms with E-state index < -0.39 is 30.6 Å². The van der Waals surface area contributed by atoms with Crippen molar-refractivity contribution in [3.8, 4) is 0 Å². The second-order valence-corrected chi connectivity index (χ2v) is 2.64. The van der Waals surface area contributed by atoms with Crippen molar-refractivity contribution in [1.29, 1.82) is 0 Å². The van der Waals surface area contributed by atoms with Gasteiger partial charge in [-0.15, -0.1) is 13.2 Å². The zero-order chi connectivity index (χ0) is 10.2. The van der Waals surface area contributed by atoms with Gasteiger partial charge in [-0.3, -0.25) is 14.5 Å². The second kappa shape index (κ2) is 2.90. The minimum atomic E-state index is -4.76. The van der Waals surface area contributed by atoms with E-state index in [4.69, 9.17) is 5.11 Å². The van der Waals surface area contributed by atoms with Gasteiger partial charge in [-0.2, -0.15) is 0 Å². The van der Waals surface area contributed by atoms with Crippen LogP contribution in [0, 0.1) is 5.92 Å². The maximum absolute atomic E-state index is 12.0. The number of carboxylic acids is 1. The number of amides is 1. The number of hydrogen-bond acceptors (Lipinski definition) is 2. The monoisotopic (exact) mass is 197 g/mol. The van der Waals surface area contributed by atoms with E-state index in [-0.39, 0.29) is 11.3 Å². The van der Waals surface area contributed by atoms with Gasteiger partial charge in [0.2, 0.25) is 5.91 Å². The third kappa shape index (κ3) is 1.73. The smallest absolute Gasteiger partial charge is 0.481 e. The fourth-order valence-corrected chi connectivity index (χ4v) is 1.16. The molecular weight excluding hydrogens is 191 g/mol. The maximum Gasteiger partial charge on any atom is 0.487 e. The van der Waals surface area contributed by atoms with E-state index in [0.717, 1.165) is 0 Å². The van der Waals surface area contributed by atoms with E-state index in [1.807, 2.05) is 0 Å². The summed E-state index contributed by atoms with van der Waals surface area (Å²) in [7, 11) is 0. The lowest BCUT2D eigenvalue weighted by Crippen LogP contribution is -2.41. The maximum atomic E-state index is 12.0. The number of rotatable bonds is 1. The standard InChI is InChI=1S/C6H6F3NO3/c7-6(8,9)10-2-1-3(4(10)11)5(12)13/h3H,1-2H2,(H,12,13). The first kappa shape index (κ1) is 9.82. The zero-order valence-corrected chi connectivity index (χ0v) is 6.34. The molecule has 0 spiro atoms. The molecule has 4 nitrogen and oxygen atoms in total. The summed E-state index contributed by atoms with van der Waals surface area (Å²) in [4.78, 5) is 20.7. The van der Waals surface area contributed by atoms with E-state index in [9.17, 15) is 22.8 Å². The first-order chi connectivity index (χ1) is 5.84. The van der Waals surface area contributed by atoms with Gasteiger partial charge in [0.15, 0.2) is 0 Å².